The van der Waals surface area contributed by atoms with Gasteiger partial charge in [-0.1, -0.05) is 164 Å². The Balaban J connectivity index is 1.13. The Bertz CT molecular complexity index is 2830. The van der Waals surface area contributed by atoms with Crippen molar-refractivity contribution < 1.29 is 0 Å². The Labute approximate surface area is 327 Å². The van der Waals surface area contributed by atoms with Gasteiger partial charge in [-0.05, 0) is 111 Å². The number of aromatic nitrogens is 1. The first-order valence-electron chi connectivity index (χ1n) is 19.2. The monoisotopic (exact) mass is 714 g/mol. The van der Waals surface area contributed by atoms with Crippen LogP contribution in [0, 0.1) is 0 Å². The number of rotatable bonds is 8. The second kappa shape index (κ2) is 14.4. The zero-order chi connectivity index (χ0) is 37.3. The van der Waals surface area contributed by atoms with Crippen LogP contribution in [0.15, 0.2) is 231 Å². The molecule has 10 aromatic rings. The number of benzene rings is 9. The molecule has 2 nitrogen and oxygen atoms in total. The lowest BCUT2D eigenvalue weighted by Gasteiger charge is -2.27. The molecule has 0 fully saturated rings. The van der Waals surface area contributed by atoms with E-state index in [1.807, 2.05) is 0 Å². The quantitative estimate of drug-likeness (QED) is 0.152. The first kappa shape index (κ1) is 33.2. The maximum absolute atomic E-state index is 2.38. The normalized spacial score (nSPS) is 11.2. The molecule has 0 saturated heterocycles. The Morgan fingerprint density at radius 1 is 0.268 bits per heavy atom. The van der Waals surface area contributed by atoms with Gasteiger partial charge in [-0.3, -0.25) is 0 Å². The zero-order valence-corrected chi connectivity index (χ0v) is 30.8. The largest absolute Gasteiger partial charge is 0.310 e. The second-order valence-electron chi connectivity index (χ2n) is 14.2. The highest BCUT2D eigenvalue weighted by molar-refractivity contribution is 6.11. The molecule has 264 valence electrons. The summed E-state index contributed by atoms with van der Waals surface area (Å²) >= 11 is 0. The fourth-order valence-corrected chi connectivity index (χ4v) is 8.09. The summed E-state index contributed by atoms with van der Waals surface area (Å²) in [6.45, 7) is 0. The molecule has 0 unspecified atom stereocenters. The van der Waals surface area contributed by atoms with Crippen LogP contribution >= 0.6 is 0 Å². The molecule has 0 N–H and O–H groups in total. The summed E-state index contributed by atoms with van der Waals surface area (Å²) < 4.78 is 2.37. The van der Waals surface area contributed by atoms with Crippen LogP contribution in [0.25, 0.3) is 72.0 Å². The van der Waals surface area contributed by atoms with Crippen molar-refractivity contribution in [1.82, 2.24) is 4.57 Å². The average Bonchev–Trinajstić information content (AvgIpc) is 3.62. The van der Waals surface area contributed by atoms with E-state index in [1.54, 1.807) is 0 Å². The SMILES string of the molecule is c1ccc(-c2ccc(N(c3ccc(-c4ccccc4)cc3)c3ccc(-c4ccc5c(c4)c4ccccc4n5-c4ccccc4)c(-c4ccccc4)c3)cc2)cc1. The van der Waals surface area contributed by atoms with Crippen molar-refractivity contribution in [2.75, 3.05) is 4.90 Å². The minimum absolute atomic E-state index is 1.09. The molecule has 2 heteroatoms. The van der Waals surface area contributed by atoms with E-state index in [0.717, 1.165) is 22.7 Å². The van der Waals surface area contributed by atoms with Crippen LogP contribution < -0.4 is 4.90 Å². The minimum atomic E-state index is 1.09. The highest BCUT2D eigenvalue weighted by Crippen LogP contribution is 2.43. The van der Waals surface area contributed by atoms with E-state index < -0.39 is 0 Å². The molecule has 0 saturated carbocycles. The third-order valence-electron chi connectivity index (χ3n) is 10.8. The van der Waals surface area contributed by atoms with Crippen LogP contribution in [0.5, 0.6) is 0 Å². The summed E-state index contributed by atoms with van der Waals surface area (Å²) in [6, 6.07) is 83.1. The lowest BCUT2D eigenvalue weighted by molar-refractivity contribution is 1.18. The molecule has 1 heterocycles. The molecule has 56 heavy (non-hydrogen) atoms. The summed E-state index contributed by atoms with van der Waals surface area (Å²) in [7, 11) is 0. The highest BCUT2D eigenvalue weighted by atomic mass is 15.1. The van der Waals surface area contributed by atoms with E-state index in [4.69, 9.17) is 0 Å². The fraction of sp³-hybridized carbons (Fsp3) is 0. The maximum atomic E-state index is 2.38. The molecule has 0 aliphatic heterocycles. The van der Waals surface area contributed by atoms with E-state index in [0.29, 0.717) is 0 Å². The van der Waals surface area contributed by atoms with E-state index in [1.165, 1.54) is 66.3 Å². The van der Waals surface area contributed by atoms with Crippen LogP contribution in [-0.2, 0) is 0 Å². The zero-order valence-electron chi connectivity index (χ0n) is 30.8. The number of anilines is 3. The summed E-state index contributed by atoms with van der Waals surface area (Å²) in [5.41, 5.74) is 16.4. The van der Waals surface area contributed by atoms with Gasteiger partial charge in [0.1, 0.15) is 0 Å². The molecule has 0 atom stereocenters. The van der Waals surface area contributed by atoms with E-state index in [2.05, 4.69) is 240 Å². The first-order chi connectivity index (χ1) is 27.8. The number of nitrogens with zero attached hydrogens (tertiary/aromatic N) is 2. The second-order valence-corrected chi connectivity index (χ2v) is 14.2. The predicted molar refractivity (Wildman–Crippen MR) is 237 cm³/mol. The van der Waals surface area contributed by atoms with Crippen molar-refractivity contribution in [2.45, 2.75) is 0 Å². The Hall–Kier alpha value is -7.42. The molecule has 0 bridgehead atoms. The summed E-state index contributed by atoms with van der Waals surface area (Å²) in [5.74, 6) is 0. The maximum Gasteiger partial charge on any atom is 0.0541 e. The van der Waals surface area contributed by atoms with Gasteiger partial charge in [0.15, 0.2) is 0 Å². The predicted octanol–water partition coefficient (Wildman–Crippen LogP) is 14.9. The Morgan fingerprint density at radius 3 is 1.30 bits per heavy atom. The van der Waals surface area contributed by atoms with Gasteiger partial charge < -0.3 is 9.47 Å². The number of para-hydroxylation sites is 2. The van der Waals surface area contributed by atoms with E-state index in [-0.39, 0.29) is 0 Å². The van der Waals surface area contributed by atoms with Gasteiger partial charge in [0.25, 0.3) is 0 Å². The number of hydrogen-bond donors (Lipinski definition) is 0. The van der Waals surface area contributed by atoms with Crippen molar-refractivity contribution in [3.05, 3.63) is 231 Å². The lowest BCUT2D eigenvalue weighted by Crippen LogP contribution is -2.10. The van der Waals surface area contributed by atoms with Crippen molar-refractivity contribution in [3.63, 3.8) is 0 Å². The number of hydrogen-bond acceptors (Lipinski definition) is 1. The third kappa shape index (κ3) is 6.14. The highest BCUT2D eigenvalue weighted by Gasteiger charge is 2.19. The first-order valence-corrected chi connectivity index (χ1v) is 19.2. The van der Waals surface area contributed by atoms with Crippen molar-refractivity contribution in [1.29, 1.82) is 0 Å². The topological polar surface area (TPSA) is 8.17 Å². The Morgan fingerprint density at radius 2 is 0.714 bits per heavy atom. The standard InChI is InChI=1S/C54H38N2/c1-5-15-39(16-6-1)41-25-30-46(31-26-41)55(47-32-27-42(28-33-47)40-17-7-2-8-18-40)48-34-35-49(51(38-48)43-19-9-3-10-20-43)44-29-36-54-52(37-44)50-23-13-14-24-53(50)56(54)45-21-11-4-12-22-45/h1-38H. The molecule has 0 spiro atoms. The van der Waals surface area contributed by atoms with E-state index >= 15 is 0 Å². The van der Waals surface area contributed by atoms with Gasteiger partial charge in [0.05, 0.1) is 11.0 Å². The van der Waals surface area contributed by atoms with Gasteiger partial charge in [-0.2, -0.15) is 0 Å². The molecule has 1 aromatic heterocycles. The average molecular weight is 715 g/mol. The minimum Gasteiger partial charge on any atom is -0.310 e. The van der Waals surface area contributed by atoms with Crippen molar-refractivity contribution >= 4 is 38.9 Å². The summed E-state index contributed by atoms with van der Waals surface area (Å²) in [6.07, 6.45) is 0. The molecular formula is C54H38N2. The van der Waals surface area contributed by atoms with Crippen LogP contribution in [-0.4, -0.2) is 4.57 Å². The van der Waals surface area contributed by atoms with E-state index in [9.17, 15) is 0 Å². The Kier molecular flexibility index (Phi) is 8.55. The van der Waals surface area contributed by atoms with Crippen LogP contribution in [0.2, 0.25) is 0 Å². The lowest BCUT2D eigenvalue weighted by atomic mass is 9.92. The molecule has 0 amide bonds. The molecule has 0 aliphatic carbocycles. The summed E-state index contributed by atoms with van der Waals surface area (Å²) in [4.78, 5) is 2.37. The van der Waals surface area contributed by atoms with Gasteiger partial charge in [0, 0.05) is 33.5 Å². The van der Waals surface area contributed by atoms with Gasteiger partial charge >= 0.3 is 0 Å². The van der Waals surface area contributed by atoms with Crippen molar-refractivity contribution in [2.24, 2.45) is 0 Å². The van der Waals surface area contributed by atoms with Crippen LogP contribution in [0.3, 0.4) is 0 Å². The molecule has 0 radical (unpaired) electrons. The molecule has 9 aromatic carbocycles. The van der Waals surface area contributed by atoms with Gasteiger partial charge in [-0.15, -0.1) is 0 Å². The van der Waals surface area contributed by atoms with Crippen molar-refractivity contribution in [3.8, 4) is 50.2 Å². The number of fused-ring (bicyclic) bond motifs is 3. The van der Waals surface area contributed by atoms with Gasteiger partial charge in [-0.25, -0.2) is 0 Å². The molecule has 10 rings (SSSR count). The smallest absolute Gasteiger partial charge is 0.0541 e. The molecule has 0 aliphatic rings. The van der Waals surface area contributed by atoms with Crippen LogP contribution in [0.1, 0.15) is 0 Å². The summed E-state index contributed by atoms with van der Waals surface area (Å²) in [5, 5.41) is 2.49. The van der Waals surface area contributed by atoms with Gasteiger partial charge in [0.2, 0.25) is 0 Å². The molecular weight excluding hydrogens is 677 g/mol. The fourth-order valence-electron chi connectivity index (χ4n) is 8.09. The van der Waals surface area contributed by atoms with Crippen LogP contribution in [0.4, 0.5) is 17.1 Å². The third-order valence-corrected chi connectivity index (χ3v) is 10.8.